The molecule has 12 aromatic rings. The lowest BCUT2D eigenvalue weighted by molar-refractivity contribution is -0.0977. The van der Waals surface area contributed by atoms with Gasteiger partial charge in [0.1, 0.15) is 89.3 Å². The summed E-state index contributed by atoms with van der Waals surface area (Å²) < 4.78 is 40.7. The maximum atomic E-state index is 12.8. The first-order valence-electron chi connectivity index (χ1n) is 35.3. The van der Waals surface area contributed by atoms with E-state index in [1.165, 1.54) is 80.5 Å². The van der Waals surface area contributed by atoms with E-state index in [4.69, 9.17) is 39.9 Å². The number of nitrogens with zero attached hydrogens (tertiary/aromatic N) is 16. The van der Waals surface area contributed by atoms with Crippen molar-refractivity contribution in [2.45, 2.75) is 151 Å². The Hall–Kier alpha value is -11.9. The monoisotopic (exact) mass is 1540 g/mol. The molecule has 4 aromatic carbocycles. The standard InChI is InChI=1S/C26H25N5O5.C25H23N5O6.C12H17N5O3.C11H15N5O4/c1-3-18-20(36-24(33)17-12-8-5-9-13-17)26(2,34)25(35-18)31-15-29-19-21(27-14-28-22(19)31)30-23(32)16-10-6-4-7-11-16;1-25(34)19(36-23(33)16-10-6-3-7-11-16)17(12-31)35-24(25)30-14-28-18-20(26-13-27-21(18)30)29-22(32)15-8-4-2-5-9-15;1-3-6-8(18)12(2,19)11(20-6)17-5-16-7-9(13)14-4-15-10(7)17;1-11(19)7(18)5(2-17)20-10(11)16-4-15-6-8(12)13-3-14-9(6)16/h4-15,18,20,25,34H,3H2,1-2H3,(H,27,28,30,32);2-11,13-14,17,19,24,31,34H,12H2,1H3,(H,26,27,29,32);4-6,8,11,18-19H,3H2,1-2H3,(H2,13,14,15);3-5,7,10,17-19H,2H2,1H3,(H2,12,13,14)/t18-,20?,25-,26?;17-,19?,24-,25?;6-,8?,11-,12?;5-,7?,10-,11?/m1111/s1. The van der Waals surface area contributed by atoms with Gasteiger partial charge in [0.05, 0.1) is 55.8 Å². The topological polar surface area (TPSA) is 536 Å². The van der Waals surface area contributed by atoms with Crippen molar-refractivity contribution < 1.29 is 88.5 Å². The number of aromatic nitrogens is 16. The van der Waals surface area contributed by atoms with Gasteiger partial charge in [-0.3, -0.25) is 27.9 Å². The van der Waals surface area contributed by atoms with Crippen molar-refractivity contribution in [3.63, 3.8) is 0 Å². The van der Waals surface area contributed by atoms with Gasteiger partial charge in [-0.05, 0) is 89.1 Å². The molecule has 0 aliphatic carbocycles. The van der Waals surface area contributed by atoms with Crippen LogP contribution in [0.5, 0.6) is 0 Å². The van der Waals surface area contributed by atoms with Crippen LogP contribution in [-0.2, 0) is 28.4 Å². The summed E-state index contributed by atoms with van der Waals surface area (Å²) in [5, 5.41) is 88.6. The average molecular weight is 1540 g/mol. The lowest BCUT2D eigenvalue weighted by Gasteiger charge is -2.30. The normalized spacial score (nSPS) is 27.2. The first-order valence-corrected chi connectivity index (χ1v) is 35.3. The number of carbonyl (C=O) groups excluding carboxylic acids is 4. The van der Waals surface area contributed by atoms with Gasteiger partial charge in [0, 0.05) is 11.1 Å². The molecule has 8 unspecified atom stereocenters. The summed E-state index contributed by atoms with van der Waals surface area (Å²) in [5.74, 6) is -1.04. The summed E-state index contributed by atoms with van der Waals surface area (Å²) in [6.45, 7) is 8.83. The molecule has 0 saturated carbocycles. The number of benzene rings is 4. The lowest BCUT2D eigenvalue weighted by atomic mass is 9.95. The molecule has 112 heavy (non-hydrogen) atoms. The highest BCUT2D eigenvalue weighted by Crippen LogP contribution is 2.46. The number of rotatable bonds is 16. The number of esters is 2. The van der Waals surface area contributed by atoms with Crippen molar-refractivity contribution in [2.24, 2.45) is 0 Å². The third-order valence-corrected chi connectivity index (χ3v) is 19.6. The lowest BCUT2D eigenvalue weighted by Crippen LogP contribution is -2.47. The van der Waals surface area contributed by atoms with Crippen LogP contribution in [0.15, 0.2) is 172 Å². The number of hydrogen-bond acceptors (Lipinski definition) is 32. The molecule has 4 aliphatic heterocycles. The van der Waals surface area contributed by atoms with E-state index in [9.17, 15) is 60.0 Å². The van der Waals surface area contributed by atoms with Gasteiger partial charge in [0.2, 0.25) is 0 Å². The van der Waals surface area contributed by atoms with E-state index in [1.54, 1.807) is 131 Å². The summed E-state index contributed by atoms with van der Waals surface area (Å²) in [6.07, 6.45) is 1.00. The van der Waals surface area contributed by atoms with Gasteiger partial charge in [-0.1, -0.05) is 86.6 Å². The number of ether oxygens (including phenoxy) is 6. The zero-order valence-corrected chi connectivity index (χ0v) is 60.9. The Bertz CT molecular complexity index is 5000. The molecule has 12 heterocycles. The number of aliphatic hydroxyl groups is 8. The second kappa shape index (κ2) is 32.2. The van der Waals surface area contributed by atoms with Gasteiger partial charge >= 0.3 is 11.9 Å². The van der Waals surface area contributed by atoms with Crippen molar-refractivity contribution in [3.8, 4) is 0 Å². The molecule has 584 valence electrons. The van der Waals surface area contributed by atoms with E-state index in [1.807, 2.05) is 19.9 Å². The molecule has 0 spiro atoms. The Kier molecular flexibility index (Phi) is 22.5. The fraction of sp³-hybridized carbons (Fsp3) is 0.351. The predicted molar refractivity (Wildman–Crippen MR) is 395 cm³/mol. The number of fused-ring (bicyclic) bond motifs is 4. The maximum Gasteiger partial charge on any atom is 0.338 e. The van der Waals surface area contributed by atoms with Crippen LogP contribution in [0.25, 0.3) is 44.7 Å². The molecule has 16 rings (SSSR count). The van der Waals surface area contributed by atoms with Crippen LogP contribution in [0.4, 0.5) is 23.3 Å². The van der Waals surface area contributed by atoms with Crippen molar-refractivity contribution in [1.29, 1.82) is 0 Å². The molecule has 38 heteroatoms. The predicted octanol–water partition coefficient (Wildman–Crippen LogP) is 3.55. The second-order valence-corrected chi connectivity index (χ2v) is 27.4. The minimum absolute atomic E-state index is 0.177. The molecule has 0 bridgehead atoms. The number of aliphatic hydroxyl groups excluding tert-OH is 4. The van der Waals surface area contributed by atoms with Crippen LogP contribution in [0, 0.1) is 0 Å². The first kappa shape index (κ1) is 78.2. The molecular weight excluding hydrogens is 1460 g/mol. The number of nitrogens with one attached hydrogen (secondary N) is 2. The molecule has 8 aromatic heterocycles. The highest BCUT2D eigenvalue weighted by atomic mass is 16.6. The SMILES string of the molecule is CC1(O)C(O)[C@@H](CO)O[C@H]1n1cnc2c(N)ncnc21.CC1(O)C(OC(=O)c2ccccc2)[C@@H](CO)O[C@H]1n1cnc2c(NC(=O)c3ccccc3)ncnc21.CC[C@H]1O[C@@H](n2cnc3c(N)ncnc32)C(C)(O)C1O.CC[C@H]1O[C@@H](n2cnc3c(NC(=O)c4ccccc4)ncnc32)C(C)(O)C1OC(=O)c1ccccc1. The molecule has 4 saturated heterocycles. The van der Waals surface area contributed by atoms with Crippen molar-refractivity contribution in [2.75, 3.05) is 35.3 Å². The largest absolute Gasteiger partial charge is 0.453 e. The third kappa shape index (κ3) is 15.0. The number of anilines is 4. The van der Waals surface area contributed by atoms with Gasteiger partial charge in [-0.2, -0.15) is 0 Å². The van der Waals surface area contributed by atoms with E-state index in [2.05, 4.69) is 70.4 Å². The summed E-state index contributed by atoms with van der Waals surface area (Å²) in [6, 6.07) is 34.3. The van der Waals surface area contributed by atoms with Crippen LogP contribution in [0.3, 0.4) is 0 Å². The Labute approximate surface area is 635 Å². The molecular formula is C74H80N20O18. The maximum absolute atomic E-state index is 12.8. The fourth-order valence-corrected chi connectivity index (χ4v) is 13.6. The summed E-state index contributed by atoms with van der Waals surface area (Å²) in [5.41, 5.74) is 9.53. The van der Waals surface area contributed by atoms with Gasteiger partial charge in [0.15, 0.2) is 94.0 Å². The van der Waals surface area contributed by atoms with Gasteiger partial charge in [0.25, 0.3) is 11.8 Å². The smallest absolute Gasteiger partial charge is 0.338 e. The number of amides is 2. The summed E-state index contributed by atoms with van der Waals surface area (Å²) in [4.78, 5) is 100. The van der Waals surface area contributed by atoms with E-state index in [0.717, 1.165) is 0 Å². The van der Waals surface area contributed by atoms with Crippen LogP contribution < -0.4 is 22.1 Å². The Morgan fingerprint density at radius 1 is 0.402 bits per heavy atom. The van der Waals surface area contributed by atoms with Crippen molar-refractivity contribution in [3.05, 3.63) is 194 Å². The molecule has 16 atom stereocenters. The molecule has 14 N–H and O–H groups in total. The third-order valence-electron chi connectivity index (χ3n) is 19.6. The quantitative estimate of drug-likeness (QED) is 0.0615. The number of nitrogen functional groups attached to an aromatic ring is 2. The van der Waals surface area contributed by atoms with E-state index in [-0.39, 0.29) is 46.2 Å². The number of nitrogens with two attached hydrogens (primary N) is 2. The van der Waals surface area contributed by atoms with Gasteiger partial charge < -0.3 is 91.4 Å². The summed E-state index contributed by atoms with van der Waals surface area (Å²) in [7, 11) is 0. The molecule has 0 radical (unpaired) electrons. The molecule has 4 aliphatic rings. The first-order chi connectivity index (χ1) is 53.7. The van der Waals surface area contributed by atoms with Crippen molar-refractivity contribution in [1.82, 2.24) is 78.1 Å². The minimum Gasteiger partial charge on any atom is -0.453 e. The van der Waals surface area contributed by atoms with E-state index in [0.29, 0.717) is 68.6 Å². The highest BCUT2D eigenvalue weighted by molar-refractivity contribution is 6.07. The van der Waals surface area contributed by atoms with Gasteiger partial charge in [-0.25, -0.2) is 69.4 Å². The number of hydrogen-bond donors (Lipinski definition) is 12. The Morgan fingerprint density at radius 3 is 1.04 bits per heavy atom. The highest BCUT2D eigenvalue weighted by Gasteiger charge is 2.59. The zero-order valence-electron chi connectivity index (χ0n) is 60.9. The molecule has 38 nitrogen and oxygen atoms in total. The van der Waals surface area contributed by atoms with Crippen LogP contribution >= 0.6 is 0 Å². The minimum atomic E-state index is -1.76. The van der Waals surface area contributed by atoms with Gasteiger partial charge in [-0.15, -0.1) is 0 Å². The zero-order chi connectivity index (χ0) is 79.6. The Morgan fingerprint density at radius 2 is 0.696 bits per heavy atom. The second-order valence-electron chi connectivity index (χ2n) is 27.4. The molecule has 4 fully saturated rings. The van der Waals surface area contributed by atoms with Crippen LogP contribution in [0.2, 0.25) is 0 Å². The molecule has 2 amide bonds. The Balaban J connectivity index is 0.000000136. The fourth-order valence-electron chi connectivity index (χ4n) is 13.6. The van der Waals surface area contributed by atoms with Crippen molar-refractivity contribution >= 4 is 91.7 Å². The number of carbonyl (C=O) groups is 4. The average Bonchev–Trinajstić information content (AvgIpc) is 1.61. The van der Waals surface area contributed by atoms with E-state index >= 15 is 0 Å². The van der Waals surface area contributed by atoms with E-state index < -0.39 is 121 Å². The summed E-state index contributed by atoms with van der Waals surface area (Å²) >= 11 is 0. The van der Waals surface area contributed by atoms with Crippen LogP contribution in [-0.4, -0.2) is 227 Å². The van der Waals surface area contributed by atoms with Crippen LogP contribution in [0.1, 0.15) is 121 Å². The number of imidazole rings is 4.